The molecule has 150 valence electrons. The predicted molar refractivity (Wildman–Crippen MR) is 128 cm³/mol. The van der Waals surface area contributed by atoms with E-state index < -0.39 is 0 Å². The second-order valence-electron chi connectivity index (χ2n) is 6.99. The summed E-state index contributed by atoms with van der Waals surface area (Å²) in [4.78, 5) is 8.80. The highest BCUT2D eigenvalue weighted by Gasteiger charge is 2.13. The van der Waals surface area contributed by atoms with Gasteiger partial charge in [0.05, 0.1) is 11.4 Å². The van der Waals surface area contributed by atoms with Crippen LogP contribution in [-0.4, -0.2) is 9.97 Å². The predicted octanol–water partition coefficient (Wildman–Crippen LogP) is 6.23. The molecule has 0 atom stereocenters. The molecule has 4 heteroatoms. The average Bonchev–Trinajstić information content (AvgIpc) is 2.87. The second kappa shape index (κ2) is 9.80. The number of hydrogen-bond donors (Lipinski definition) is 0. The van der Waals surface area contributed by atoms with Gasteiger partial charge in [-0.05, 0) is 22.8 Å². The van der Waals surface area contributed by atoms with Crippen LogP contribution in [0.15, 0.2) is 84.9 Å². The summed E-state index contributed by atoms with van der Waals surface area (Å²) >= 11 is 0. The molecule has 0 aliphatic carbocycles. The molecule has 1 heterocycles. The monoisotopic (exact) mass is 410 g/mol. The highest BCUT2D eigenvalue weighted by atomic mass is 14.8. The van der Waals surface area contributed by atoms with Gasteiger partial charge in [0, 0.05) is 5.56 Å². The van der Waals surface area contributed by atoms with E-state index in [0.29, 0.717) is 11.4 Å². The lowest BCUT2D eigenvalue weighted by Crippen LogP contribution is -2.00. The van der Waals surface area contributed by atoms with E-state index in [4.69, 9.17) is 0 Å². The van der Waals surface area contributed by atoms with Crippen LogP contribution >= 0.6 is 0 Å². The molecule has 0 spiro atoms. The number of aromatic nitrogens is 2. The number of nitrogens with zero attached hydrogens (tertiary/aromatic N) is 4. The fourth-order valence-corrected chi connectivity index (χ4v) is 3.18. The van der Waals surface area contributed by atoms with Crippen molar-refractivity contribution in [3.63, 3.8) is 0 Å². The van der Waals surface area contributed by atoms with Gasteiger partial charge < -0.3 is 0 Å². The Morgan fingerprint density at radius 3 is 1.56 bits per heavy atom. The van der Waals surface area contributed by atoms with Gasteiger partial charge in [0.15, 0.2) is 11.4 Å². The van der Waals surface area contributed by atoms with Crippen LogP contribution < -0.4 is 0 Å². The fourth-order valence-electron chi connectivity index (χ4n) is 3.18. The first-order chi connectivity index (χ1) is 15.8. The molecule has 0 fully saturated rings. The van der Waals surface area contributed by atoms with Crippen LogP contribution in [0.5, 0.6) is 0 Å². The Balaban J connectivity index is 1.62. The number of rotatable bonds is 5. The molecule has 32 heavy (non-hydrogen) atoms. The van der Waals surface area contributed by atoms with Crippen molar-refractivity contribution < 1.29 is 0 Å². The second-order valence-corrected chi connectivity index (χ2v) is 6.99. The standard InChI is InChI=1S/C28H18N4/c29-19-26-27(20-30)32-28(24-9-5-2-6-10-24)25(31-26)18-17-23-15-13-22(14-16-23)12-11-21-7-3-1-4-8-21/h1-18H/b12-11+,18-17+. The molecule has 1 aromatic heterocycles. The SMILES string of the molecule is N#Cc1nc(/C=C/c2ccc(/C=C/c3ccccc3)cc2)c(-c2ccccc2)nc1C#N. The zero-order chi connectivity index (χ0) is 22.2. The molecule has 0 aliphatic rings. The van der Waals surface area contributed by atoms with Crippen molar-refractivity contribution in [3.05, 3.63) is 119 Å². The third-order valence-electron chi connectivity index (χ3n) is 4.82. The molecule has 0 bridgehead atoms. The van der Waals surface area contributed by atoms with E-state index in [0.717, 1.165) is 22.3 Å². The van der Waals surface area contributed by atoms with Crippen molar-refractivity contribution >= 4 is 24.3 Å². The number of nitriles is 2. The van der Waals surface area contributed by atoms with E-state index in [-0.39, 0.29) is 11.4 Å². The van der Waals surface area contributed by atoms with Gasteiger partial charge in [-0.15, -0.1) is 0 Å². The van der Waals surface area contributed by atoms with Crippen LogP contribution in [0.25, 0.3) is 35.6 Å². The third-order valence-corrected chi connectivity index (χ3v) is 4.82. The normalized spacial score (nSPS) is 10.8. The van der Waals surface area contributed by atoms with Crippen LogP contribution in [0.3, 0.4) is 0 Å². The van der Waals surface area contributed by atoms with Crippen molar-refractivity contribution in [3.8, 4) is 23.4 Å². The molecular weight excluding hydrogens is 392 g/mol. The first kappa shape index (κ1) is 20.5. The maximum Gasteiger partial charge on any atom is 0.177 e. The number of hydrogen-bond acceptors (Lipinski definition) is 4. The lowest BCUT2D eigenvalue weighted by molar-refractivity contribution is 1.12. The molecule has 4 nitrogen and oxygen atoms in total. The Bertz CT molecular complexity index is 1360. The summed E-state index contributed by atoms with van der Waals surface area (Å²) in [6.07, 6.45) is 7.90. The summed E-state index contributed by atoms with van der Waals surface area (Å²) in [5.41, 5.74) is 5.23. The highest BCUT2D eigenvalue weighted by molar-refractivity contribution is 5.78. The molecule has 0 radical (unpaired) electrons. The summed E-state index contributed by atoms with van der Waals surface area (Å²) < 4.78 is 0. The Morgan fingerprint density at radius 1 is 0.531 bits per heavy atom. The van der Waals surface area contributed by atoms with Gasteiger partial charge in [-0.1, -0.05) is 103 Å². The van der Waals surface area contributed by atoms with E-state index >= 15 is 0 Å². The minimum atomic E-state index is 0.0215. The zero-order valence-electron chi connectivity index (χ0n) is 17.2. The molecular formula is C28H18N4. The van der Waals surface area contributed by atoms with Crippen LogP contribution in [0.2, 0.25) is 0 Å². The smallest absolute Gasteiger partial charge is 0.177 e. The molecule has 0 unspecified atom stereocenters. The van der Waals surface area contributed by atoms with E-state index in [2.05, 4.69) is 34.3 Å². The Labute approximate surface area is 187 Å². The first-order valence-electron chi connectivity index (χ1n) is 10.1. The van der Waals surface area contributed by atoms with E-state index in [1.165, 1.54) is 0 Å². The van der Waals surface area contributed by atoms with E-state index in [1.807, 2.05) is 97.1 Å². The van der Waals surface area contributed by atoms with Gasteiger partial charge in [0.25, 0.3) is 0 Å². The minimum Gasteiger partial charge on any atom is -0.232 e. The summed E-state index contributed by atoms with van der Waals surface area (Å²) in [5.74, 6) is 0. The van der Waals surface area contributed by atoms with Gasteiger partial charge in [-0.3, -0.25) is 0 Å². The molecule has 0 saturated heterocycles. The van der Waals surface area contributed by atoms with E-state index in [1.54, 1.807) is 0 Å². The molecule has 0 N–H and O–H groups in total. The molecule has 0 saturated carbocycles. The number of benzene rings is 3. The highest BCUT2D eigenvalue weighted by Crippen LogP contribution is 2.23. The minimum absolute atomic E-state index is 0.0215. The van der Waals surface area contributed by atoms with Crippen molar-refractivity contribution in [2.45, 2.75) is 0 Å². The van der Waals surface area contributed by atoms with Crippen molar-refractivity contribution in [2.24, 2.45) is 0 Å². The van der Waals surface area contributed by atoms with Crippen molar-refractivity contribution in [1.82, 2.24) is 9.97 Å². The van der Waals surface area contributed by atoms with Crippen LogP contribution in [0.1, 0.15) is 33.8 Å². The third kappa shape index (κ3) is 4.84. The Kier molecular flexibility index (Phi) is 6.27. The molecule has 0 aliphatic heterocycles. The van der Waals surface area contributed by atoms with Crippen molar-refractivity contribution in [1.29, 1.82) is 10.5 Å². The summed E-state index contributed by atoms with van der Waals surface area (Å²) in [6, 6.07) is 31.7. The van der Waals surface area contributed by atoms with Crippen LogP contribution in [0.4, 0.5) is 0 Å². The van der Waals surface area contributed by atoms with Crippen LogP contribution in [0, 0.1) is 22.7 Å². The lowest BCUT2D eigenvalue weighted by atomic mass is 10.1. The fraction of sp³-hybridized carbons (Fsp3) is 0. The van der Waals surface area contributed by atoms with E-state index in [9.17, 15) is 10.5 Å². The maximum absolute atomic E-state index is 9.35. The topological polar surface area (TPSA) is 73.4 Å². The summed E-state index contributed by atoms with van der Waals surface area (Å²) in [6.45, 7) is 0. The molecule has 3 aromatic carbocycles. The van der Waals surface area contributed by atoms with Gasteiger partial charge in [-0.2, -0.15) is 10.5 Å². The zero-order valence-corrected chi connectivity index (χ0v) is 17.2. The average molecular weight is 410 g/mol. The Morgan fingerprint density at radius 2 is 1.00 bits per heavy atom. The first-order valence-corrected chi connectivity index (χ1v) is 10.1. The van der Waals surface area contributed by atoms with Crippen molar-refractivity contribution in [2.75, 3.05) is 0 Å². The van der Waals surface area contributed by atoms with Gasteiger partial charge in [0.2, 0.25) is 0 Å². The lowest BCUT2D eigenvalue weighted by Gasteiger charge is -2.06. The summed E-state index contributed by atoms with van der Waals surface area (Å²) in [7, 11) is 0. The largest absolute Gasteiger partial charge is 0.232 e. The molecule has 0 amide bonds. The molecule has 4 aromatic rings. The Hall–Kier alpha value is -4.80. The van der Waals surface area contributed by atoms with Gasteiger partial charge >= 0.3 is 0 Å². The quantitative estimate of drug-likeness (QED) is 0.366. The maximum atomic E-state index is 9.35. The molecule has 4 rings (SSSR count). The van der Waals surface area contributed by atoms with Crippen LogP contribution in [-0.2, 0) is 0 Å². The van der Waals surface area contributed by atoms with Gasteiger partial charge in [-0.25, -0.2) is 9.97 Å². The van der Waals surface area contributed by atoms with Gasteiger partial charge in [0.1, 0.15) is 12.1 Å². The summed E-state index contributed by atoms with van der Waals surface area (Å²) in [5, 5.41) is 18.7.